The Morgan fingerprint density at radius 2 is 1.71 bits per heavy atom. The van der Waals surface area contributed by atoms with Crippen LogP contribution in [-0.4, -0.2) is 67.2 Å². The van der Waals surface area contributed by atoms with Crippen molar-refractivity contribution in [2.75, 3.05) is 38.8 Å². The van der Waals surface area contributed by atoms with Gasteiger partial charge in [0, 0.05) is 34.0 Å². The van der Waals surface area contributed by atoms with Crippen molar-refractivity contribution in [3.63, 3.8) is 0 Å². The van der Waals surface area contributed by atoms with Crippen LogP contribution in [-0.2, 0) is 17.7 Å². The summed E-state index contributed by atoms with van der Waals surface area (Å²) in [7, 11) is 3.03. The number of hydrogen-bond donors (Lipinski definition) is 2. The summed E-state index contributed by atoms with van der Waals surface area (Å²) >= 11 is 13.1. The van der Waals surface area contributed by atoms with Crippen LogP contribution in [0.1, 0.15) is 51.8 Å². The Labute approximate surface area is 287 Å². The lowest BCUT2D eigenvalue weighted by Crippen LogP contribution is -2.53. The van der Waals surface area contributed by atoms with E-state index < -0.39 is 18.0 Å². The summed E-state index contributed by atoms with van der Waals surface area (Å²) in [4.78, 5) is 30.3. The van der Waals surface area contributed by atoms with E-state index in [4.69, 9.17) is 41.8 Å². The number of halogens is 2. The van der Waals surface area contributed by atoms with Gasteiger partial charge in [-0.15, -0.1) is 0 Å². The van der Waals surface area contributed by atoms with Crippen LogP contribution in [0, 0.1) is 5.92 Å². The molecule has 252 valence electrons. The fourth-order valence-electron chi connectivity index (χ4n) is 6.64. The summed E-state index contributed by atoms with van der Waals surface area (Å²) in [6.07, 6.45) is 3.94. The number of pyridine rings is 1. The van der Waals surface area contributed by atoms with E-state index in [9.17, 15) is 19.9 Å². The molecular weight excluding hydrogens is 661 g/mol. The van der Waals surface area contributed by atoms with Gasteiger partial charge in [-0.05, 0) is 74.2 Å². The zero-order chi connectivity index (χ0) is 33.9. The lowest BCUT2D eigenvalue weighted by Gasteiger charge is -2.44. The number of carbonyl (C=O) groups excluding carboxylic acids is 1. The second kappa shape index (κ2) is 14.3. The number of aromatic nitrogens is 1. The van der Waals surface area contributed by atoms with Gasteiger partial charge in [-0.2, -0.15) is 0 Å². The lowest BCUT2D eigenvalue weighted by atomic mass is 9.85. The lowest BCUT2D eigenvalue weighted by molar-refractivity contribution is -0.904. The largest absolute Gasteiger partial charge is 0.493 e. The molecule has 3 fully saturated rings. The molecule has 3 saturated heterocycles. The molecule has 13 heteroatoms. The average molecular weight is 698 g/mol. The Morgan fingerprint density at radius 1 is 1.02 bits per heavy atom. The third-order valence-electron chi connectivity index (χ3n) is 9.12. The first-order valence-corrected chi connectivity index (χ1v) is 16.3. The molecule has 4 aromatic rings. The van der Waals surface area contributed by atoms with Crippen LogP contribution in [0.3, 0.4) is 0 Å². The SMILES string of the molecule is COc1ccc([C@H](Cc2c(Cl)c[n+](O)cc2Cl)c2cc(CN(C(=O)O[C@H]3CN4CCC3CC4)c3ccccc3)oc2C(=O)O)cc1OC. The number of benzene rings is 2. The molecule has 3 aliphatic rings. The molecule has 2 N–H and O–H groups in total. The van der Waals surface area contributed by atoms with Crippen molar-refractivity contribution in [3.05, 3.63) is 105 Å². The summed E-state index contributed by atoms with van der Waals surface area (Å²) in [6, 6.07) is 16.0. The van der Waals surface area contributed by atoms with Gasteiger partial charge in [0.2, 0.25) is 18.2 Å². The molecule has 48 heavy (non-hydrogen) atoms. The number of fused-ring (bicyclic) bond motifs is 3. The monoisotopic (exact) mass is 696 g/mol. The molecule has 0 unspecified atom stereocenters. The highest BCUT2D eigenvalue weighted by Gasteiger charge is 2.38. The van der Waals surface area contributed by atoms with Crippen molar-refractivity contribution >= 4 is 41.0 Å². The topological polar surface area (TPSA) is 126 Å². The van der Waals surface area contributed by atoms with Gasteiger partial charge < -0.3 is 23.7 Å². The van der Waals surface area contributed by atoms with Crippen molar-refractivity contribution in [2.45, 2.75) is 37.8 Å². The molecule has 0 radical (unpaired) electrons. The number of para-hydroxylation sites is 1. The van der Waals surface area contributed by atoms with Crippen molar-refractivity contribution in [2.24, 2.45) is 5.92 Å². The van der Waals surface area contributed by atoms with E-state index in [1.807, 2.05) is 18.2 Å². The Balaban J connectivity index is 1.39. The number of furan rings is 1. The summed E-state index contributed by atoms with van der Waals surface area (Å²) in [5.74, 6) is -0.786. The Hall–Kier alpha value is -4.45. The van der Waals surface area contributed by atoms with Gasteiger partial charge in [0.25, 0.3) is 0 Å². The van der Waals surface area contributed by atoms with Crippen LogP contribution in [0.25, 0.3) is 0 Å². The Kier molecular flexibility index (Phi) is 10.00. The van der Waals surface area contributed by atoms with Crippen LogP contribution >= 0.6 is 23.2 Å². The van der Waals surface area contributed by atoms with E-state index in [0.717, 1.165) is 30.7 Å². The van der Waals surface area contributed by atoms with Crippen molar-refractivity contribution < 1.29 is 43.3 Å². The van der Waals surface area contributed by atoms with Crippen molar-refractivity contribution in [3.8, 4) is 11.5 Å². The molecule has 0 saturated carbocycles. The van der Waals surface area contributed by atoms with Crippen molar-refractivity contribution in [1.82, 2.24) is 4.90 Å². The number of piperidine rings is 3. The number of aromatic carboxylic acids is 1. The van der Waals surface area contributed by atoms with E-state index >= 15 is 0 Å². The van der Waals surface area contributed by atoms with E-state index in [0.29, 0.717) is 46.3 Å². The zero-order valence-electron chi connectivity index (χ0n) is 26.5. The molecule has 3 aliphatic heterocycles. The normalized spacial score (nSPS) is 19.0. The first-order valence-electron chi connectivity index (χ1n) is 15.6. The van der Waals surface area contributed by atoms with Crippen LogP contribution < -0.4 is 19.1 Å². The molecule has 5 heterocycles. The summed E-state index contributed by atoms with van der Waals surface area (Å²) in [5.41, 5.74) is 2.05. The number of carbonyl (C=O) groups is 2. The molecule has 0 aliphatic carbocycles. The van der Waals surface area contributed by atoms with E-state index in [1.54, 1.807) is 36.4 Å². The smallest absolute Gasteiger partial charge is 0.415 e. The molecule has 2 aromatic heterocycles. The first-order chi connectivity index (χ1) is 23.1. The number of methoxy groups -OCH3 is 2. The van der Waals surface area contributed by atoms with Gasteiger partial charge in [-0.25, -0.2) is 9.59 Å². The fraction of sp³-hybridized carbons (Fsp3) is 0.343. The molecule has 1 amide bonds. The maximum absolute atomic E-state index is 13.8. The number of ether oxygens (including phenoxy) is 3. The molecule has 2 aromatic carbocycles. The number of carboxylic acids is 1. The molecule has 0 spiro atoms. The molecular formula is C35H36Cl2N3O8+. The van der Waals surface area contributed by atoms with Gasteiger partial charge in [0.15, 0.2) is 11.5 Å². The molecule has 7 rings (SSSR count). The maximum atomic E-state index is 13.8. The van der Waals surface area contributed by atoms with Gasteiger partial charge in [-0.3, -0.25) is 15.0 Å². The standard InChI is InChI=1S/C35H35Cl2N3O8/c1-45-30-9-8-22(14-31(30)46-2)25(16-27-28(36)18-39(44)19-29(27)37)26-15-24(47-33(26)34(41)42)17-40(23-6-4-3-5-7-23)35(43)48-32-20-38-12-10-21(32)11-13-38/h3-9,14-15,18-19,21,25,32H,10-13,16-17,20H2,1-2H3,(H-,41,42,44)/p+1/t25-,32-/m0/s1. The highest BCUT2D eigenvalue weighted by molar-refractivity contribution is 6.35. The second-order valence-electron chi connectivity index (χ2n) is 12.0. The van der Waals surface area contributed by atoms with E-state index in [2.05, 4.69) is 4.90 Å². The van der Waals surface area contributed by atoms with Crippen molar-refractivity contribution in [1.29, 1.82) is 0 Å². The minimum Gasteiger partial charge on any atom is -0.493 e. The average Bonchev–Trinajstić information content (AvgIpc) is 3.51. The zero-order valence-corrected chi connectivity index (χ0v) is 28.0. The van der Waals surface area contributed by atoms with E-state index in [1.165, 1.54) is 31.5 Å². The molecule has 2 atom stereocenters. The Bertz CT molecular complexity index is 1770. The maximum Gasteiger partial charge on any atom is 0.415 e. The van der Waals surface area contributed by atoms with Gasteiger partial charge >= 0.3 is 12.1 Å². The van der Waals surface area contributed by atoms with Crippen LogP contribution in [0.2, 0.25) is 10.0 Å². The number of nitrogens with zero attached hydrogens (tertiary/aromatic N) is 3. The summed E-state index contributed by atoms with van der Waals surface area (Å²) in [5, 5.41) is 20.7. The highest BCUT2D eigenvalue weighted by Crippen LogP contribution is 2.40. The second-order valence-corrected chi connectivity index (χ2v) is 12.8. The number of amides is 1. The van der Waals surface area contributed by atoms with Crippen LogP contribution in [0.15, 0.2) is 71.4 Å². The summed E-state index contributed by atoms with van der Waals surface area (Å²) < 4.78 is 23.8. The predicted octanol–water partition coefficient (Wildman–Crippen LogP) is 6.44. The minimum atomic E-state index is -1.29. The van der Waals surface area contributed by atoms with Gasteiger partial charge in [-0.1, -0.05) is 47.5 Å². The third-order valence-corrected chi connectivity index (χ3v) is 9.77. The number of carboxylic acid groups (broad SMARTS) is 1. The summed E-state index contributed by atoms with van der Waals surface area (Å²) in [6.45, 7) is 2.63. The number of hydrogen-bond acceptors (Lipinski definition) is 8. The number of anilines is 1. The van der Waals surface area contributed by atoms with Crippen LogP contribution in [0.5, 0.6) is 11.5 Å². The third kappa shape index (κ3) is 7.03. The quantitative estimate of drug-likeness (QED) is 0.135. The van der Waals surface area contributed by atoms with Gasteiger partial charge in [0.05, 0.1) is 20.8 Å². The molecule has 11 nitrogen and oxygen atoms in total. The van der Waals surface area contributed by atoms with E-state index in [-0.39, 0.29) is 40.6 Å². The fourth-order valence-corrected chi connectivity index (χ4v) is 7.25. The predicted molar refractivity (Wildman–Crippen MR) is 177 cm³/mol. The Morgan fingerprint density at radius 3 is 2.31 bits per heavy atom. The number of rotatable bonds is 11. The first kappa shape index (κ1) is 33.5. The van der Waals surface area contributed by atoms with Gasteiger partial charge in [0.1, 0.15) is 21.9 Å². The van der Waals surface area contributed by atoms with Crippen LogP contribution in [0.4, 0.5) is 10.5 Å². The molecule has 2 bridgehead atoms. The highest BCUT2D eigenvalue weighted by atomic mass is 35.5. The minimum absolute atomic E-state index is 0.0831.